The number of anilines is 4. The molecule has 12 nitrogen and oxygen atoms in total. The summed E-state index contributed by atoms with van der Waals surface area (Å²) in [7, 11) is -1.99. The number of nitrogens with zero attached hydrogens (tertiary/aromatic N) is 3. The molecule has 3 heterocycles. The van der Waals surface area contributed by atoms with E-state index in [0.29, 0.717) is 40.0 Å². The summed E-state index contributed by atoms with van der Waals surface area (Å²) in [5.74, 6) is 0.0886. The van der Waals surface area contributed by atoms with Crippen molar-refractivity contribution in [2.45, 2.75) is 33.1 Å². The molecule has 0 aliphatic carbocycles. The van der Waals surface area contributed by atoms with Crippen molar-refractivity contribution in [3.05, 3.63) is 94.3 Å². The Morgan fingerprint density at radius 2 is 1.69 bits per heavy atom. The van der Waals surface area contributed by atoms with Crippen LogP contribution in [0.2, 0.25) is 0 Å². The molecule has 0 atom stereocenters. The quantitative estimate of drug-likeness (QED) is 0.164. The molecule has 0 aliphatic heterocycles. The van der Waals surface area contributed by atoms with Crippen LogP contribution in [-0.4, -0.2) is 40.0 Å². The van der Waals surface area contributed by atoms with Gasteiger partial charge in [0.15, 0.2) is 0 Å². The summed E-state index contributed by atoms with van der Waals surface area (Å²) >= 11 is 0. The number of para-hydroxylation sites is 1. The van der Waals surface area contributed by atoms with Crippen molar-refractivity contribution >= 4 is 50.1 Å². The fraction of sp³-hybridized carbons (Fsp3) is 0.226. The molecule has 2 aromatic carbocycles. The van der Waals surface area contributed by atoms with E-state index in [-0.39, 0.29) is 22.5 Å². The van der Waals surface area contributed by atoms with Crippen molar-refractivity contribution < 1.29 is 26.7 Å². The molecular weight excluding hydrogens is 603 g/mol. The SMILES string of the molecule is CS(=O)(=O)O.Cc1cc(F)c(NC(=O)Nc2cc(C(C)(C)C)no2)cc1-c1cc2cnc(Nc3ccccc3)cc2n(C)c1=O. The zero-order valence-electron chi connectivity index (χ0n) is 25.5. The van der Waals surface area contributed by atoms with Crippen LogP contribution in [-0.2, 0) is 22.6 Å². The summed E-state index contributed by atoms with van der Waals surface area (Å²) in [5, 5.41) is 13.0. The molecule has 0 fully saturated rings. The maximum absolute atomic E-state index is 14.9. The highest BCUT2D eigenvalue weighted by molar-refractivity contribution is 7.85. The minimum Gasteiger partial charge on any atom is -0.340 e. The summed E-state index contributed by atoms with van der Waals surface area (Å²) in [5.41, 5.74) is 2.98. The molecule has 0 bridgehead atoms. The predicted octanol–water partition coefficient (Wildman–Crippen LogP) is 6.23. The number of rotatable bonds is 5. The second-order valence-corrected chi connectivity index (χ2v) is 12.8. The first-order valence-electron chi connectivity index (χ1n) is 13.6. The zero-order chi connectivity index (χ0) is 33.1. The Kier molecular flexibility index (Phi) is 9.39. The number of nitrogens with one attached hydrogen (secondary N) is 3. The van der Waals surface area contributed by atoms with Crippen molar-refractivity contribution in [3.63, 3.8) is 0 Å². The Hall–Kier alpha value is -5.08. The van der Waals surface area contributed by atoms with Gasteiger partial charge in [-0.15, -0.1) is 0 Å². The second-order valence-electron chi connectivity index (χ2n) is 11.3. The number of urea groups is 1. The van der Waals surface area contributed by atoms with Crippen molar-refractivity contribution in [3.8, 4) is 11.1 Å². The molecule has 5 aromatic rings. The Morgan fingerprint density at radius 1 is 1.02 bits per heavy atom. The lowest BCUT2D eigenvalue weighted by Gasteiger charge is -2.14. The number of aryl methyl sites for hydroxylation is 2. The fourth-order valence-corrected chi connectivity index (χ4v) is 4.31. The number of halogens is 1. The van der Waals surface area contributed by atoms with Gasteiger partial charge in [-0.1, -0.05) is 44.1 Å². The van der Waals surface area contributed by atoms with E-state index in [1.54, 1.807) is 38.4 Å². The number of pyridine rings is 2. The van der Waals surface area contributed by atoms with Gasteiger partial charge in [-0.2, -0.15) is 8.42 Å². The third kappa shape index (κ3) is 8.52. The van der Waals surface area contributed by atoms with E-state index in [1.807, 2.05) is 51.1 Å². The zero-order valence-corrected chi connectivity index (χ0v) is 26.3. The van der Waals surface area contributed by atoms with E-state index in [2.05, 4.69) is 26.1 Å². The third-order valence-electron chi connectivity index (χ3n) is 6.52. The van der Waals surface area contributed by atoms with E-state index in [9.17, 15) is 22.4 Å². The minimum atomic E-state index is -3.67. The molecule has 3 aromatic heterocycles. The van der Waals surface area contributed by atoms with E-state index in [1.165, 1.54) is 16.7 Å². The van der Waals surface area contributed by atoms with Gasteiger partial charge < -0.3 is 19.7 Å². The van der Waals surface area contributed by atoms with Crippen molar-refractivity contribution in [1.29, 1.82) is 0 Å². The molecule has 14 heteroatoms. The van der Waals surface area contributed by atoms with Crippen LogP contribution in [0, 0.1) is 12.7 Å². The van der Waals surface area contributed by atoms with Gasteiger partial charge >= 0.3 is 6.03 Å². The van der Waals surface area contributed by atoms with Gasteiger partial charge in [0, 0.05) is 47.4 Å². The van der Waals surface area contributed by atoms with Gasteiger partial charge in [0.25, 0.3) is 15.7 Å². The van der Waals surface area contributed by atoms with Gasteiger partial charge in [0.1, 0.15) is 11.6 Å². The molecule has 0 aliphatic rings. The summed E-state index contributed by atoms with van der Waals surface area (Å²) < 4.78 is 47.5. The Morgan fingerprint density at radius 3 is 2.31 bits per heavy atom. The summed E-state index contributed by atoms with van der Waals surface area (Å²) in [6, 6.07) is 16.8. The van der Waals surface area contributed by atoms with Gasteiger partial charge in [0.05, 0.1) is 23.2 Å². The molecule has 0 saturated heterocycles. The average Bonchev–Trinajstić information content (AvgIpc) is 3.41. The normalized spacial score (nSPS) is 11.5. The maximum atomic E-state index is 14.9. The van der Waals surface area contributed by atoms with Crippen molar-refractivity contribution in [2.75, 3.05) is 22.2 Å². The first kappa shape index (κ1) is 32.8. The third-order valence-corrected chi connectivity index (χ3v) is 6.52. The first-order valence-corrected chi connectivity index (χ1v) is 15.4. The summed E-state index contributed by atoms with van der Waals surface area (Å²) in [4.78, 5) is 30.6. The summed E-state index contributed by atoms with van der Waals surface area (Å²) in [6.45, 7) is 7.60. The highest BCUT2D eigenvalue weighted by Crippen LogP contribution is 2.30. The molecule has 0 unspecified atom stereocenters. The molecule has 0 spiro atoms. The Bertz CT molecular complexity index is 2030. The van der Waals surface area contributed by atoms with Crippen LogP contribution in [0.3, 0.4) is 0 Å². The molecule has 2 amide bonds. The molecule has 45 heavy (non-hydrogen) atoms. The predicted molar refractivity (Wildman–Crippen MR) is 172 cm³/mol. The number of carbonyl (C=O) groups excluding carboxylic acids is 1. The fourth-order valence-electron chi connectivity index (χ4n) is 4.31. The van der Waals surface area contributed by atoms with E-state index in [0.717, 1.165) is 11.1 Å². The maximum Gasteiger partial charge on any atom is 0.326 e. The number of hydrogen-bond acceptors (Lipinski definition) is 8. The number of hydrogen-bond donors (Lipinski definition) is 4. The number of aromatic nitrogens is 3. The highest BCUT2D eigenvalue weighted by atomic mass is 32.2. The monoisotopic (exact) mass is 636 g/mol. The molecule has 5 rings (SSSR count). The lowest BCUT2D eigenvalue weighted by Crippen LogP contribution is -2.21. The minimum absolute atomic E-state index is 0.0867. The second kappa shape index (κ2) is 12.9. The van der Waals surface area contributed by atoms with Gasteiger partial charge in [-0.3, -0.25) is 14.7 Å². The van der Waals surface area contributed by atoms with Crippen LogP contribution >= 0.6 is 0 Å². The van der Waals surface area contributed by atoms with Crippen LogP contribution in [0.1, 0.15) is 32.0 Å². The van der Waals surface area contributed by atoms with Crippen LogP contribution in [0.4, 0.5) is 32.3 Å². The molecule has 236 valence electrons. The van der Waals surface area contributed by atoms with Crippen LogP contribution in [0.5, 0.6) is 0 Å². The number of carbonyl (C=O) groups is 1. The standard InChI is InChI=1S/C30H29FN6O3.CH4O3S/c1-17-11-22(31)23(34-29(39)35-27-15-25(36-40-27)30(2,3)4)13-20(17)21-12-18-16-32-26(14-24(18)37(5)28(21)38)33-19-9-7-6-8-10-19;1-5(2,3)4/h6-16H,1-5H3,(H,32,33)(H2,34,35,39);1H3,(H,2,3,4). The lowest BCUT2D eigenvalue weighted by molar-refractivity contribution is 0.261. The Labute approximate surface area is 259 Å². The first-order chi connectivity index (χ1) is 21.0. The largest absolute Gasteiger partial charge is 0.340 e. The van der Waals surface area contributed by atoms with Crippen molar-refractivity contribution in [1.82, 2.24) is 14.7 Å². The van der Waals surface area contributed by atoms with Crippen molar-refractivity contribution in [2.24, 2.45) is 7.05 Å². The highest BCUT2D eigenvalue weighted by Gasteiger charge is 2.21. The van der Waals surface area contributed by atoms with Gasteiger partial charge in [-0.05, 0) is 48.4 Å². The van der Waals surface area contributed by atoms with E-state index >= 15 is 0 Å². The Balaban J connectivity index is 0.000000854. The van der Waals surface area contributed by atoms with Crippen LogP contribution in [0.25, 0.3) is 22.0 Å². The molecule has 4 N–H and O–H groups in total. The summed E-state index contributed by atoms with van der Waals surface area (Å²) in [6.07, 6.45) is 2.39. The van der Waals surface area contributed by atoms with E-state index in [4.69, 9.17) is 9.08 Å². The van der Waals surface area contributed by atoms with Gasteiger partial charge in [0.2, 0.25) is 5.88 Å². The topological polar surface area (TPSA) is 168 Å². The van der Waals surface area contributed by atoms with Crippen LogP contribution in [0.15, 0.2) is 76.2 Å². The number of amides is 2. The molecular formula is C31H33FN6O6S. The average molecular weight is 637 g/mol. The van der Waals surface area contributed by atoms with E-state index < -0.39 is 22.0 Å². The molecule has 0 saturated carbocycles. The van der Waals surface area contributed by atoms with Gasteiger partial charge in [-0.25, -0.2) is 14.2 Å². The molecule has 0 radical (unpaired) electrons. The lowest BCUT2D eigenvalue weighted by atomic mass is 9.92. The number of benzene rings is 2. The van der Waals surface area contributed by atoms with Crippen LogP contribution < -0.4 is 21.5 Å². The number of fused-ring (bicyclic) bond motifs is 1. The smallest absolute Gasteiger partial charge is 0.326 e.